The number of rotatable bonds is 7. The van der Waals surface area contributed by atoms with E-state index in [-0.39, 0.29) is 18.9 Å². The van der Waals surface area contributed by atoms with Gasteiger partial charge in [-0.25, -0.2) is 17.9 Å². The fourth-order valence-electron chi connectivity index (χ4n) is 0.690. The van der Waals surface area contributed by atoms with Gasteiger partial charge in [-0.15, -0.1) is 0 Å². The first-order chi connectivity index (χ1) is 6.89. The van der Waals surface area contributed by atoms with Crippen LogP contribution in [0, 0.1) is 0 Å². The van der Waals surface area contributed by atoms with E-state index in [4.69, 9.17) is 4.74 Å². The minimum Gasteiger partial charge on any atom is -0.462 e. The first-order valence-electron chi connectivity index (χ1n) is 4.69. The number of hydrogen-bond donors (Lipinski definition) is 1. The van der Waals surface area contributed by atoms with Crippen LogP contribution in [0.1, 0.15) is 20.3 Å². The highest BCUT2D eigenvalue weighted by Gasteiger charge is 2.05. The van der Waals surface area contributed by atoms with Crippen LogP contribution in [0.25, 0.3) is 0 Å². The number of nitrogens with one attached hydrogen (secondary N) is 1. The zero-order valence-electron chi connectivity index (χ0n) is 9.08. The lowest BCUT2D eigenvalue weighted by Gasteiger charge is -2.05. The van der Waals surface area contributed by atoms with Crippen LogP contribution in [0.4, 0.5) is 0 Å². The van der Waals surface area contributed by atoms with E-state index in [0.717, 1.165) is 0 Å². The monoisotopic (exact) mass is 235 g/mol. The summed E-state index contributed by atoms with van der Waals surface area (Å²) in [6, 6.07) is 0. The van der Waals surface area contributed by atoms with E-state index < -0.39 is 16.0 Å². The summed E-state index contributed by atoms with van der Waals surface area (Å²) in [5.41, 5.74) is 0.337. The molecule has 0 aromatic heterocycles. The maximum atomic E-state index is 11.0. The third kappa shape index (κ3) is 7.10. The number of sulfonamides is 1. The lowest BCUT2D eigenvalue weighted by molar-refractivity contribution is -0.138. The average molecular weight is 235 g/mol. The maximum absolute atomic E-state index is 11.0. The Bertz CT molecular complexity index is 321. The summed E-state index contributed by atoms with van der Waals surface area (Å²) in [6.45, 7) is 7.01. The van der Waals surface area contributed by atoms with Crippen molar-refractivity contribution in [2.45, 2.75) is 20.3 Å². The molecule has 0 aliphatic carbocycles. The molecule has 5 nitrogen and oxygen atoms in total. The highest BCUT2D eigenvalue weighted by Crippen LogP contribution is 1.93. The van der Waals surface area contributed by atoms with E-state index in [9.17, 15) is 13.2 Å². The number of esters is 1. The predicted octanol–water partition coefficient (Wildman–Crippen LogP) is 0.435. The average Bonchev–Trinajstić information content (AvgIpc) is 2.16. The minimum atomic E-state index is -3.14. The number of hydrogen-bond acceptors (Lipinski definition) is 4. The van der Waals surface area contributed by atoms with Gasteiger partial charge in [0, 0.05) is 12.1 Å². The largest absolute Gasteiger partial charge is 0.462 e. The standard InChI is InChI=1S/C9H17NO4S/c1-4-15(12,13)10-6-5-7-14-9(11)8(2)3/h10H,2,4-7H2,1,3H3. The van der Waals surface area contributed by atoms with Crippen LogP contribution in [0.5, 0.6) is 0 Å². The lowest BCUT2D eigenvalue weighted by atomic mass is 10.4. The SMILES string of the molecule is C=C(C)C(=O)OCCCNS(=O)(=O)CC. The van der Waals surface area contributed by atoms with Crippen LogP contribution >= 0.6 is 0 Å². The summed E-state index contributed by atoms with van der Waals surface area (Å²) in [6.07, 6.45) is 0.457. The van der Waals surface area contributed by atoms with Gasteiger partial charge in [-0.1, -0.05) is 6.58 Å². The van der Waals surface area contributed by atoms with Crippen molar-refractivity contribution in [2.24, 2.45) is 0 Å². The fraction of sp³-hybridized carbons (Fsp3) is 0.667. The Morgan fingerprint density at radius 1 is 1.47 bits per heavy atom. The Morgan fingerprint density at radius 3 is 2.53 bits per heavy atom. The quantitative estimate of drug-likeness (QED) is 0.395. The number of carbonyl (C=O) groups excluding carboxylic acids is 1. The molecule has 0 unspecified atom stereocenters. The Balaban J connectivity index is 3.57. The van der Waals surface area contributed by atoms with E-state index in [1.807, 2.05) is 0 Å². The molecule has 0 bridgehead atoms. The predicted molar refractivity (Wildman–Crippen MR) is 57.9 cm³/mol. The highest BCUT2D eigenvalue weighted by atomic mass is 32.2. The molecule has 0 radical (unpaired) electrons. The van der Waals surface area contributed by atoms with Crippen LogP contribution in [-0.2, 0) is 19.6 Å². The summed E-state index contributed by atoms with van der Waals surface area (Å²) in [4.78, 5) is 10.9. The molecular formula is C9H17NO4S. The molecule has 0 aliphatic heterocycles. The van der Waals surface area contributed by atoms with E-state index in [2.05, 4.69) is 11.3 Å². The summed E-state index contributed by atoms with van der Waals surface area (Å²) in [5.74, 6) is -0.396. The van der Waals surface area contributed by atoms with E-state index >= 15 is 0 Å². The Morgan fingerprint density at radius 2 is 2.07 bits per heavy atom. The van der Waals surface area contributed by atoms with Gasteiger partial charge in [-0.3, -0.25) is 0 Å². The third-order valence-electron chi connectivity index (χ3n) is 1.60. The molecule has 6 heteroatoms. The molecule has 0 rings (SSSR count). The van der Waals surface area contributed by atoms with E-state index in [0.29, 0.717) is 12.0 Å². The molecule has 0 saturated carbocycles. The number of carbonyl (C=O) groups is 1. The van der Waals surface area contributed by atoms with Gasteiger partial charge in [0.25, 0.3) is 0 Å². The second kappa shape index (κ2) is 6.58. The minimum absolute atomic E-state index is 0.0541. The molecule has 0 amide bonds. The van der Waals surface area contributed by atoms with E-state index in [1.54, 1.807) is 13.8 Å². The summed E-state index contributed by atoms with van der Waals surface area (Å²) < 4.78 is 29.1. The summed E-state index contributed by atoms with van der Waals surface area (Å²) in [5, 5.41) is 0. The summed E-state index contributed by atoms with van der Waals surface area (Å²) in [7, 11) is -3.14. The van der Waals surface area contributed by atoms with Gasteiger partial charge >= 0.3 is 5.97 Å². The van der Waals surface area contributed by atoms with Gasteiger partial charge in [-0.05, 0) is 20.3 Å². The molecule has 0 heterocycles. The second-order valence-electron chi connectivity index (χ2n) is 3.07. The zero-order chi connectivity index (χ0) is 11.9. The van der Waals surface area contributed by atoms with Gasteiger partial charge in [0.15, 0.2) is 0 Å². The molecule has 0 atom stereocenters. The topological polar surface area (TPSA) is 72.5 Å². The van der Waals surface area contributed by atoms with Crippen molar-refractivity contribution in [2.75, 3.05) is 18.9 Å². The first-order valence-corrected chi connectivity index (χ1v) is 6.34. The second-order valence-corrected chi connectivity index (χ2v) is 5.16. The molecule has 0 aliphatic rings. The Kier molecular flexibility index (Phi) is 6.19. The smallest absolute Gasteiger partial charge is 0.333 e. The molecule has 0 aromatic carbocycles. The molecule has 0 fully saturated rings. The molecule has 1 N–H and O–H groups in total. The van der Waals surface area contributed by atoms with Crippen molar-refractivity contribution in [1.29, 1.82) is 0 Å². The van der Waals surface area contributed by atoms with Gasteiger partial charge in [0.1, 0.15) is 0 Å². The summed E-state index contributed by atoms with van der Waals surface area (Å²) >= 11 is 0. The fourth-order valence-corrected chi connectivity index (χ4v) is 1.35. The van der Waals surface area contributed by atoms with Crippen LogP contribution < -0.4 is 4.72 Å². The van der Waals surface area contributed by atoms with Crippen molar-refractivity contribution < 1.29 is 17.9 Å². The maximum Gasteiger partial charge on any atom is 0.333 e. The molecule has 15 heavy (non-hydrogen) atoms. The molecule has 88 valence electrons. The normalized spacial score (nSPS) is 11.1. The molecule has 0 spiro atoms. The zero-order valence-corrected chi connectivity index (χ0v) is 9.89. The van der Waals surface area contributed by atoms with Crippen molar-refractivity contribution in [1.82, 2.24) is 4.72 Å². The van der Waals surface area contributed by atoms with Crippen molar-refractivity contribution in [3.8, 4) is 0 Å². The molecular weight excluding hydrogens is 218 g/mol. The highest BCUT2D eigenvalue weighted by molar-refractivity contribution is 7.89. The molecule has 0 saturated heterocycles. The molecule has 0 aromatic rings. The van der Waals surface area contributed by atoms with Crippen LogP contribution in [0.3, 0.4) is 0 Å². The first kappa shape index (κ1) is 14.1. The van der Waals surface area contributed by atoms with Gasteiger partial charge in [0.2, 0.25) is 10.0 Å². The van der Waals surface area contributed by atoms with Crippen molar-refractivity contribution >= 4 is 16.0 Å². The van der Waals surface area contributed by atoms with Gasteiger partial charge in [-0.2, -0.15) is 0 Å². The Labute approximate surface area is 90.6 Å². The van der Waals surface area contributed by atoms with Crippen LogP contribution in [0.2, 0.25) is 0 Å². The Hall–Kier alpha value is -0.880. The van der Waals surface area contributed by atoms with Crippen LogP contribution in [0.15, 0.2) is 12.2 Å². The van der Waals surface area contributed by atoms with Crippen LogP contribution in [-0.4, -0.2) is 33.3 Å². The van der Waals surface area contributed by atoms with Gasteiger partial charge < -0.3 is 4.74 Å². The van der Waals surface area contributed by atoms with Crippen molar-refractivity contribution in [3.63, 3.8) is 0 Å². The van der Waals surface area contributed by atoms with E-state index in [1.165, 1.54) is 0 Å². The lowest BCUT2D eigenvalue weighted by Crippen LogP contribution is -2.27. The van der Waals surface area contributed by atoms with Crippen molar-refractivity contribution in [3.05, 3.63) is 12.2 Å². The third-order valence-corrected chi connectivity index (χ3v) is 3.01. The van der Waals surface area contributed by atoms with Gasteiger partial charge in [0.05, 0.1) is 12.4 Å². The number of ether oxygens (including phenoxy) is 1.